The molecular formula is C13H22N2O2. The summed E-state index contributed by atoms with van der Waals surface area (Å²) in [4.78, 5) is 2.11. The van der Waals surface area contributed by atoms with E-state index in [2.05, 4.69) is 17.0 Å². The molecule has 1 aromatic rings. The van der Waals surface area contributed by atoms with Gasteiger partial charge in [-0.1, -0.05) is 12.1 Å². The van der Waals surface area contributed by atoms with E-state index < -0.39 is 0 Å². The molecule has 0 saturated heterocycles. The zero-order valence-electron chi connectivity index (χ0n) is 10.6. The lowest BCUT2D eigenvalue weighted by Crippen LogP contribution is -2.23. The van der Waals surface area contributed by atoms with Crippen molar-refractivity contribution in [1.29, 1.82) is 0 Å². The number of hydrogen-bond donors (Lipinski definition) is 2. The molecule has 1 aromatic carbocycles. The van der Waals surface area contributed by atoms with E-state index >= 15 is 0 Å². The molecule has 0 heterocycles. The van der Waals surface area contributed by atoms with Gasteiger partial charge < -0.3 is 20.5 Å². The first-order chi connectivity index (χ1) is 8.15. The fourth-order valence-corrected chi connectivity index (χ4v) is 1.53. The van der Waals surface area contributed by atoms with Crippen LogP contribution in [0, 0.1) is 0 Å². The van der Waals surface area contributed by atoms with Crippen molar-refractivity contribution in [3.63, 3.8) is 0 Å². The van der Waals surface area contributed by atoms with E-state index in [0.29, 0.717) is 13.2 Å². The smallest absolute Gasteiger partial charge is 0.0698 e. The zero-order valence-corrected chi connectivity index (χ0v) is 10.6. The third-order valence-corrected chi connectivity index (χ3v) is 2.67. The summed E-state index contributed by atoms with van der Waals surface area (Å²) >= 11 is 0. The Kier molecular flexibility index (Phi) is 5.97. The van der Waals surface area contributed by atoms with Crippen LogP contribution in [0.5, 0.6) is 0 Å². The molecule has 0 aliphatic carbocycles. The van der Waals surface area contributed by atoms with Gasteiger partial charge in [0.15, 0.2) is 0 Å². The summed E-state index contributed by atoms with van der Waals surface area (Å²) in [5, 5.41) is 8.58. The van der Waals surface area contributed by atoms with E-state index in [1.807, 2.05) is 26.1 Å². The van der Waals surface area contributed by atoms with Crippen LogP contribution in [-0.2, 0) is 4.74 Å². The Morgan fingerprint density at radius 3 is 2.47 bits per heavy atom. The van der Waals surface area contributed by atoms with Crippen molar-refractivity contribution in [2.24, 2.45) is 5.73 Å². The summed E-state index contributed by atoms with van der Waals surface area (Å²) in [6, 6.07) is 8.29. The van der Waals surface area contributed by atoms with E-state index in [4.69, 9.17) is 15.6 Å². The zero-order chi connectivity index (χ0) is 12.7. The van der Waals surface area contributed by atoms with Crippen LogP contribution < -0.4 is 10.6 Å². The lowest BCUT2D eigenvalue weighted by atomic mass is 10.1. The van der Waals surface area contributed by atoms with Crippen molar-refractivity contribution in [2.75, 3.05) is 38.3 Å². The van der Waals surface area contributed by atoms with Gasteiger partial charge in [0.05, 0.1) is 19.8 Å². The van der Waals surface area contributed by atoms with Crippen LogP contribution in [0.1, 0.15) is 18.5 Å². The van der Waals surface area contributed by atoms with Crippen molar-refractivity contribution in [3.8, 4) is 0 Å². The number of aliphatic hydroxyl groups is 1. The fraction of sp³-hybridized carbons (Fsp3) is 0.538. The van der Waals surface area contributed by atoms with Gasteiger partial charge in [-0.25, -0.2) is 0 Å². The summed E-state index contributed by atoms with van der Waals surface area (Å²) in [5.74, 6) is 0. The quantitative estimate of drug-likeness (QED) is 0.700. The van der Waals surface area contributed by atoms with Crippen molar-refractivity contribution in [1.82, 2.24) is 0 Å². The molecule has 4 heteroatoms. The minimum absolute atomic E-state index is 0.0715. The Morgan fingerprint density at radius 1 is 1.29 bits per heavy atom. The summed E-state index contributed by atoms with van der Waals surface area (Å²) in [5.41, 5.74) is 8.07. The maximum absolute atomic E-state index is 8.58. The molecule has 0 saturated carbocycles. The van der Waals surface area contributed by atoms with Crippen molar-refractivity contribution < 1.29 is 9.84 Å². The topological polar surface area (TPSA) is 58.7 Å². The van der Waals surface area contributed by atoms with Crippen LogP contribution >= 0.6 is 0 Å². The van der Waals surface area contributed by atoms with Crippen LogP contribution in [0.3, 0.4) is 0 Å². The van der Waals surface area contributed by atoms with Gasteiger partial charge in [-0.2, -0.15) is 0 Å². The molecule has 1 rings (SSSR count). The van der Waals surface area contributed by atoms with Crippen LogP contribution in [-0.4, -0.2) is 38.5 Å². The van der Waals surface area contributed by atoms with Gasteiger partial charge in [-0.15, -0.1) is 0 Å². The molecule has 0 amide bonds. The molecule has 0 bridgehead atoms. The molecular weight excluding hydrogens is 216 g/mol. The van der Waals surface area contributed by atoms with Gasteiger partial charge in [-0.05, 0) is 24.6 Å². The normalized spacial score (nSPS) is 12.5. The number of likely N-dealkylation sites (N-methyl/N-ethyl adjacent to an activating group) is 1. The van der Waals surface area contributed by atoms with Crippen LogP contribution in [0.2, 0.25) is 0 Å². The van der Waals surface area contributed by atoms with E-state index in [0.717, 1.165) is 17.8 Å². The largest absolute Gasteiger partial charge is 0.394 e. The van der Waals surface area contributed by atoms with E-state index in [-0.39, 0.29) is 12.6 Å². The molecule has 0 radical (unpaired) electrons. The van der Waals surface area contributed by atoms with Crippen molar-refractivity contribution in [3.05, 3.63) is 29.8 Å². The van der Waals surface area contributed by atoms with Crippen molar-refractivity contribution >= 4 is 5.69 Å². The third-order valence-electron chi connectivity index (χ3n) is 2.67. The highest BCUT2D eigenvalue weighted by Crippen LogP contribution is 2.16. The number of hydrogen-bond acceptors (Lipinski definition) is 4. The first-order valence-corrected chi connectivity index (χ1v) is 5.90. The Morgan fingerprint density at radius 2 is 1.94 bits per heavy atom. The molecule has 0 unspecified atom stereocenters. The summed E-state index contributed by atoms with van der Waals surface area (Å²) in [6.45, 7) is 3.87. The molecule has 96 valence electrons. The minimum Gasteiger partial charge on any atom is -0.394 e. The average molecular weight is 238 g/mol. The Hall–Kier alpha value is -1.10. The molecule has 0 aromatic heterocycles. The molecule has 4 nitrogen and oxygen atoms in total. The molecule has 0 fully saturated rings. The van der Waals surface area contributed by atoms with Gasteiger partial charge in [0.2, 0.25) is 0 Å². The Bertz CT molecular complexity index is 312. The molecule has 1 atom stereocenters. The molecule has 0 spiro atoms. The predicted octanol–water partition coefficient (Wildman–Crippen LogP) is 1.15. The number of nitrogens with zero attached hydrogens (tertiary/aromatic N) is 1. The van der Waals surface area contributed by atoms with Gasteiger partial charge >= 0.3 is 0 Å². The summed E-state index contributed by atoms with van der Waals surface area (Å²) in [7, 11) is 2.02. The number of benzene rings is 1. The average Bonchev–Trinajstić information content (AvgIpc) is 2.34. The lowest BCUT2D eigenvalue weighted by Gasteiger charge is -2.19. The number of aliphatic hydroxyl groups excluding tert-OH is 1. The van der Waals surface area contributed by atoms with E-state index in [1.54, 1.807) is 0 Å². The maximum Gasteiger partial charge on any atom is 0.0698 e. The standard InChI is InChI=1S/C13H22N2O2/c1-11(14)12-3-5-13(6-4-12)15(2)7-9-17-10-8-16/h3-6,11,16H,7-10,14H2,1-2H3/t11-/m0/s1. The monoisotopic (exact) mass is 238 g/mol. The fourth-order valence-electron chi connectivity index (χ4n) is 1.53. The second-order valence-electron chi connectivity index (χ2n) is 4.14. The SMILES string of the molecule is C[C@H](N)c1ccc(N(C)CCOCCO)cc1. The summed E-state index contributed by atoms with van der Waals surface area (Å²) in [6.07, 6.45) is 0. The first kappa shape index (κ1) is 14.0. The highest BCUT2D eigenvalue weighted by Gasteiger charge is 2.02. The van der Waals surface area contributed by atoms with Crippen LogP contribution in [0.4, 0.5) is 5.69 Å². The third kappa shape index (κ3) is 4.73. The second kappa shape index (κ2) is 7.27. The van der Waals surface area contributed by atoms with Crippen molar-refractivity contribution in [2.45, 2.75) is 13.0 Å². The first-order valence-electron chi connectivity index (χ1n) is 5.90. The van der Waals surface area contributed by atoms with E-state index in [1.165, 1.54) is 0 Å². The lowest BCUT2D eigenvalue weighted by molar-refractivity contribution is 0.0971. The van der Waals surface area contributed by atoms with Gasteiger partial charge in [0, 0.05) is 25.3 Å². The Balaban J connectivity index is 2.43. The number of ether oxygens (including phenoxy) is 1. The molecule has 3 N–H and O–H groups in total. The maximum atomic E-state index is 8.58. The molecule has 0 aliphatic rings. The predicted molar refractivity (Wildman–Crippen MR) is 70.2 cm³/mol. The number of anilines is 1. The minimum atomic E-state index is 0.0715. The van der Waals surface area contributed by atoms with Gasteiger partial charge in [0.1, 0.15) is 0 Å². The second-order valence-corrected chi connectivity index (χ2v) is 4.14. The van der Waals surface area contributed by atoms with Gasteiger partial charge in [0.25, 0.3) is 0 Å². The van der Waals surface area contributed by atoms with Crippen LogP contribution in [0.25, 0.3) is 0 Å². The van der Waals surface area contributed by atoms with E-state index in [9.17, 15) is 0 Å². The molecule has 17 heavy (non-hydrogen) atoms. The highest BCUT2D eigenvalue weighted by molar-refractivity contribution is 5.47. The molecule has 0 aliphatic heterocycles. The number of rotatable bonds is 7. The van der Waals surface area contributed by atoms with Crippen LogP contribution in [0.15, 0.2) is 24.3 Å². The van der Waals surface area contributed by atoms with Gasteiger partial charge in [-0.3, -0.25) is 0 Å². The number of nitrogens with two attached hydrogens (primary N) is 1. The summed E-state index contributed by atoms with van der Waals surface area (Å²) < 4.78 is 5.23. The Labute approximate surface area is 103 Å². The highest BCUT2D eigenvalue weighted by atomic mass is 16.5.